The van der Waals surface area contributed by atoms with Crippen LogP contribution in [0.3, 0.4) is 0 Å². The molecule has 232 valence electrons. The minimum atomic E-state index is 1.17. The highest BCUT2D eigenvalue weighted by molar-refractivity contribution is 7.25. The Balaban J connectivity index is 1.15. The zero-order chi connectivity index (χ0) is 32.8. The average molecular weight is 652 g/mol. The van der Waals surface area contributed by atoms with Crippen molar-refractivity contribution in [2.24, 2.45) is 0 Å². The van der Waals surface area contributed by atoms with Gasteiger partial charge in [-0.1, -0.05) is 121 Å². The zero-order valence-electron chi connectivity index (χ0n) is 27.1. The minimum Gasteiger partial charge on any atom is -0.309 e. The van der Waals surface area contributed by atoms with E-state index in [1.54, 1.807) is 0 Å². The van der Waals surface area contributed by atoms with E-state index in [0.717, 1.165) is 0 Å². The first-order valence-corrected chi connectivity index (χ1v) is 18.0. The molecule has 9 aromatic carbocycles. The first kappa shape index (κ1) is 27.7. The highest BCUT2D eigenvalue weighted by Crippen LogP contribution is 2.43. The molecule has 0 atom stereocenters. The summed E-state index contributed by atoms with van der Waals surface area (Å²) in [6, 6.07) is 65.0. The quantitative estimate of drug-likeness (QED) is 0.168. The van der Waals surface area contributed by atoms with Crippen molar-refractivity contribution in [1.82, 2.24) is 4.57 Å². The highest BCUT2D eigenvalue weighted by Gasteiger charge is 2.17. The van der Waals surface area contributed by atoms with Gasteiger partial charge in [0.2, 0.25) is 0 Å². The predicted octanol–water partition coefficient (Wildman–Crippen LogP) is 13.9. The summed E-state index contributed by atoms with van der Waals surface area (Å²) in [5.74, 6) is 0. The van der Waals surface area contributed by atoms with Crippen LogP contribution in [0.4, 0.5) is 0 Å². The Labute approximate surface area is 292 Å². The lowest BCUT2D eigenvalue weighted by Gasteiger charge is -2.14. The van der Waals surface area contributed by atoms with Gasteiger partial charge in [0.05, 0.1) is 11.0 Å². The number of fused-ring (bicyclic) bond motifs is 12. The maximum atomic E-state index is 2.44. The van der Waals surface area contributed by atoms with Crippen LogP contribution in [0.5, 0.6) is 0 Å². The molecule has 0 saturated heterocycles. The van der Waals surface area contributed by atoms with E-state index in [4.69, 9.17) is 0 Å². The Morgan fingerprint density at radius 1 is 0.280 bits per heavy atom. The molecule has 0 fully saturated rings. The summed E-state index contributed by atoms with van der Waals surface area (Å²) in [6.45, 7) is 0. The summed E-state index contributed by atoms with van der Waals surface area (Å²) in [4.78, 5) is 0. The van der Waals surface area contributed by atoms with Gasteiger partial charge in [-0.3, -0.25) is 0 Å². The fourth-order valence-corrected chi connectivity index (χ4v) is 9.30. The molecule has 0 N–H and O–H groups in total. The van der Waals surface area contributed by atoms with Gasteiger partial charge >= 0.3 is 0 Å². The van der Waals surface area contributed by atoms with E-state index in [1.165, 1.54) is 102 Å². The summed E-state index contributed by atoms with van der Waals surface area (Å²) in [5.41, 5.74) is 8.57. The molecule has 50 heavy (non-hydrogen) atoms. The number of nitrogens with zero attached hydrogens (tertiary/aromatic N) is 1. The van der Waals surface area contributed by atoms with E-state index in [-0.39, 0.29) is 0 Å². The van der Waals surface area contributed by atoms with Crippen molar-refractivity contribution in [3.05, 3.63) is 176 Å². The van der Waals surface area contributed by atoms with Gasteiger partial charge in [-0.2, -0.15) is 0 Å². The number of benzene rings is 9. The maximum Gasteiger partial charge on any atom is 0.0547 e. The molecular formula is C48H29NS. The largest absolute Gasteiger partial charge is 0.309 e. The van der Waals surface area contributed by atoms with Crippen molar-refractivity contribution in [2.45, 2.75) is 0 Å². The van der Waals surface area contributed by atoms with Crippen molar-refractivity contribution in [2.75, 3.05) is 0 Å². The van der Waals surface area contributed by atoms with E-state index in [0.29, 0.717) is 0 Å². The van der Waals surface area contributed by atoms with Gasteiger partial charge in [-0.05, 0) is 109 Å². The molecule has 0 aliphatic carbocycles. The molecule has 0 aliphatic heterocycles. The lowest BCUT2D eigenvalue weighted by Crippen LogP contribution is -1.94. The van der Waals surface area contributed by atoms with Gasteiger partial charge in [0.1, 0.15) is 0 Å². The molecule has 0 radical (unpaired) electrons. The molecule has 11 aromatic rings. The number of aromatic nitrogens is 1. The highest BCUT2D eigenvalue weighted by atomic mass is 32.1. The molecule has 1 nitrogen and oxygen atoms in total. The van der Waals surface area contributed by atoms with Gasteiger partial charge < -0.3 is 4.57 Å². The van der Waals surface area contributed by atoms with Gasteiger partial charge in [0, 0.05) is 36.6 Å². The number of rotatable bonds is 3. The first-order chi connectivity index (χ1) is 24.8. The molecule has 0 aliphatic rings. The third kappa shape index (κ3) is 4.06. The molecule has 2 heteroatoms. The van der Waals surface area contributed by atoms with Gasteiger partial charge in [0.15, 0.2) is 0 Å². The third-order valence-electron chi connectivity index (χ3n) is 10.6. The van der Waals surface area contributed by atoms with E-state index in [9.17, 15) is 0 Å². The van der Waals surface area contributed by atoms with Crippen LogP contribution >= 0.6 is 11.3 Å². The van der Waals surface area contributed by atoms with E-state index >= 15 is 0 Å². The number of para-hydroxylation sites is 1. The van der Waals surface area contributed by atoms with Crippen LogP contribution in [-0.4, -0.2) is 4.57 Å². The molecule has 0 saturated carbocycles. The summed E-state index contributed by atoms with van der Waals surface area (Å²) in [5, 5.41) is 12.9. The molecule has 0 spiro atoms. The smallest absolute Gasteiger partial charge is 0.0547 e. The van der Waals surface area contributed by atoms with Crippen LogP contribution in [0, 0.1) is 0 Å². The van der Waals surface area contributed by atoms with Crippen LogP contribution in [0.1, 0.15) is 0 Å². The average Bonchev–Trinajstić information content (AvgIpc) is 3.72. The Morgan fingerprint density at radius 3 is 1.62 bits per heavy atom. The summed E-state index contributed by atoms with van der Waals surface area (Å²) >= 11 is 1.87. The van der Waals surface area contributed by atoms with E-state index < -0.39 is 0 Å². The standard InChI is InChI=1S/C48H29NS/c1-2-10-30(11-3-1)31-18-22-34(23-19-31)49-45-16-8-6-14-38(45)43-28-41-37-24-20-32(26-40(37)35-12-4-5-13-36(35)42(41)29-46(43)49)33-21-25-48-44(27-33)39-15-7-9-17-47(39)50-48/h1-29H. The van der Waals surface area contributed by atoms with Gasteiger partial charge in [-0.15, -0.1) is 11.3 Å². The zero-order valence-corrected chi connectivity index (χ0v) is 27.9. The summed E-state index contributed by atoms with van der Waals surface area (Å²) in [6.07, 6.45) is 0. The molecule has 0 amide bonds. The van der Waals surface area contributed by atoms with Crippen molar-refractivity contribution >= 4 is 85.6 Å². The van der Waals surface area contributed by atoms with Crippen LogP contribution < -0.4 is 0 Å². The van der Waals surface area contributed by atoms with Gasteiger partial charge in [-0.25, -0.2) is 0 Å². The minimum absolute atomic E-state index is 1.17. The third-order valence-corrected chi connectivity index (χ3v) is 11.7. The van der Waals surface area contributed by atoms with Crippen molar-refractivity contribution < 1.29 is 0 Å². The fourth-order valence-electron chi connectivity index (χ4n) is 8.21. The fraction of sp³-hybridized carbons (Fsp3) is 0. The lowest BCUT2D eigenvalue weighted by atomic mass is 9.91. The van der Waals surface area contributed by atoms with Crippen LogP contribution in [0.15, 0.2) is 176 Å². The summed E-state index contributed by atoms with van der Waals surface area (Å²) in [7, 11) is 0. The van der Waals surface area contributed by atoms with Crippen LogP contribution in [0.2, 0.25) is 0 Å². The molecule has 0 bridgehead atoms. The Morgan fingerprint density at radius 2 is 0.820 bits per heavy atom. The number of hydrogen-bond donors (Lipinski definition) is 0. The summed E-state index contributed by atoms with van der Waals surface area (Å²) < 4.78 is 5.11. The topological polar surface area (TPSA) is 4.93 Å². The van der Waals surface area contributed by atoms with Crippen molar-refractivity contribution in [1.29, 1.82) is 0 Å². The second-order valence-corrected chi connectivity index (χ2v) is 14.4. The molecular weight excluding hydrogens is 623 g/mol. The maximum absolute atomic E-state index is 2.44. The Bertz CT molecular complexity index is 3130. The second kappa shape index (κ2) is 10.6. The van der Waals surface area contributed by atoms with Crippen molar-refractivity contribution in [3.8, 4) is 27.9 Å². The molecule has 11 rings (SSSR count). The van der Waals surface area contributed by atoms with Crippen molar-refractivity contribution in [3.63, 3.8) is 0 Å². The molecule has 2 aromatic heterocycles. The predicted molar refractivity (Wildman–Crippen MR) is 217 cm³/mol. The number of hydrogen-bond acceptors (Lipinski definition) is 1. The monoisotopic (exact) mass is 651 g/mol. The van der Waals surface area contributed by atoms with Crippen LogP contribution in [-0.2, 0) is 0 Å². The second-order valence-electron chi connectivity index (χ2n) is 13.3. The molecule has 0 unspecified atom stereocenters. The van der Waals surface area contributed by atoms with E-state index in [1.807, 2.05) is 11.3 Å². The normalized spacial score (nSPS) is 12.0. The number of thiophene rings is 1. The Hall–Kier alpha value is -6.22. The van der Waals surface area contributed by atoms with Crippen LogP contribution in [0.25, 0.3) is 102 Å². The lowest BCUT2D eigenvalue weighted by molar-refractivity contribution is 1.18. The SMILES string of the molecule is c1ccc(-c2ccc(-n3c4ccccc4c4cc5c6ccc(-c7ccc8sc9ccccc9c8c7)cc6c6ccccc6c5cc43)cc2)cc1. The van der Waals surface area contributed by atoms with Gasteiger partial charge in [0.25, 0.3) is 0 Å². The molecule has 2 heterocycles. The Kier molecular flexibility index (Phi) is 5.89. The first-order valence-electron chi connectivity index (χ1n) is 17.2. The van der Waals surface area contributed by atoms with E-state index in [2.05, 4.69) is 180 Å².